The summed E-state index contributed by atoms with van der Waals surface area (Å²) in [4.78, 5) is 2.34. The highest BCUT2D eigenvalue weighted by Crippen LogP contribution is 2.29. The second kappa shape index (κ2) is 8.20. The lowest BCUT2D eigenvalue weighted by molar-refractivity contribution is -0.0246. The molecule has 1 aliphatic rings. The normalized spacial score (nSPS) is 26.1. The Kier molecular flexibility index (Phi) is 7.29. The van der Waals surface area contributed by atoms with E-state index in [0.29, 0.717) is 6.04 Å². The number of rotatable bonds is 8. The molecule has 0 bridgehead atoms. The molecule has 0 spiro atoms. The minimum Gasteiger partial charge on any atom is -0.393 e. The number of nitrogens with one attached hydrogen (secondary N) is 1. The largest absolute Gasteiger partial charge is 0.393 e. The van der Waals surface area contributed by atoms with E-state index in [1.54, 1.807) is 0 Å². The Bertz CT molecular complexity index is 238. The number of aliphatic hydroxyl groups is 1. The standard InChI is InChI=1S/C15H32N2O2/c1-13(2)16-10-15(7-5-9-19-12-15)11-17(4)8-6-14(3)18/h13-14,16,18H,5-12H2,1-4H3. The fourth-order valence-corrected chi connectivity index (χ4v) is 2.71. The zero-order valence-electron chi connectivity index (χ0n) is 13.1. The quantitative estimate of drug-likeness (QED) is 0.702. The summed E-state index contributed by atoms with van der Waals surface area (Å²) in [6.45, 7) is 11.0. The third-order valence-electron chi connectivity index (χ3n) is 3.82. The van der Waals surface area contributed by atoms with Crippen LogP contribution in [0.15, 0.2) is 0 Å². The maximum atomic E-state index is 9.38. The first-order valence-electron chi connectivity index (χ1n) is 7.61. The van der Waals surface area contributed by atoms with Crippen LogP contribution in [0.5, 0.6) is 0 Å². The van der Waals surface area contributed by atoms with Crippen molar-refractivity contribution in [3.63, 3.8) is 0 Å². The van der Waals surface area contributed by atoms with Crippen LogP contribution in [0.2, 0.25) is 0 Å². The molecule has 2 unspecified atom stereocenters. The molecule has 0 aromatic rings. The summed E-state index contributed by atoms with van der Waals surface area (Å²) in [5.74, 6) is 0. The lowest BCUT2D eigenvalue weighted by Crippen LogP contribution is -2.49. The summed E-state index contributed by atoms with van der Waals surface area (Å²) in [6, 6.07) is 0.515. The van der Waals surface area contributed by atoms with Crippen molar-refractivity contribution in [2.45, 2.75) is 52.2 Å². The molecule has 19 heavy (non-hydrogen) atoms. The molecule has 0 saturated carbocycles. The van der Waals surface area contributed by atoms with Crippen LogP contribution < -0.4 is 5.32 Å². The maximum absolute atomic E-state index is 9.38. The van der Waals surface area contributed by atoms with E-state index in [1.807, 2.05) is 6.92 Å². The second-order valence-corrected chi connectivity index (χ2v) is 6.57. The van der Waals surface area contributed by atoms with E-state index >= 15 is 0 Å². The van der Waals surface area contributed by atoms with Gasteiger partial charge in [-0.25, -0.2) is 0 Å². The molecule has 114 valence electrons. The summed E-state index contributed by atoms with van der Waals surface area (Å²) < 4.78 is 5.73. The van der Waals surface area contributed by atoms with Gasteiger partial charge in [0, 0.05) is 37.7 Å². The van der Waals surface area contributed by atoms with Crippen molar-refractivity contribution in [1.29, 1.82) is 0 Å². The fourth-order valence-electron chi connectivity index (χ4n) is 2.71. The van der Waals surface area contributed by atoms with Crippen LogP contribution >= 0.6 is 0 Å². The van der Waals surface area contributed by atoms with Gasteiger partial charge in [-0.1, -0.05) is 13.8 Å². The Morgan fingerprint density at radius 2 is 2.11 bits per heavy atom. The number of aliphatic hydroxyl groups excluding tert-OH is 1. The van der Waals surface area contributed by atoms with Gasteiger partial charge in [0.25, 0.3) is 0 Å². The molecular formula is C15H32N2O2. The van der Waals surface area contributed by atoms with E-state index in [1.165, 1.54) is 6.42 Å². The van der Waals surface area contributed by atoms with E-state index in [4.69, 9.17) is 4.74 Å². The van der Waals surface area contributed by atoms with E-state index in [-0.39, 0.29) is 11.5 Å². The van der Waals surface area contributed by atoms with Crippen molar-refractivity contribution in [2.75, 3.05) is 39.9 Å². The molecule has 1 saturated heterocycles. The van der Waals surface area contributed by atoms with Gasteiger partial charge in [0.15, 0.2) is 0 Å². The summed E-state index contributed by atoms with van der Waals surface area (Å²) in [5, 5.41) is 13.0. The SMILES string of the molecule is CC(O)CCN(C)CC1(CNC(C)C)CCCOC1. The second-order valence-electron chi connectivity index (χ2n) is 6.57. The van der Waals surface area contributed by atoms with Crippen LogP contribution in [0, 0.1) is 5.41 Å². The van der Waals surface area contributed by atoms with Crippen LogP contribution in [0.3, 0.4) is 0 Å². The Balaban J connectivity index is 2.48. The molecule has 0 aromatic heterocycles. The van der Waals surface area contributed by atoms with Crippen LogP contribution in [0.4, 0.5) is 0 Å². The average Bonchev–Trinajstić information content (AvgIpc) is 2.35. The van der Waals surface area contributed by atoms with Gasteiger partial charge < -0.3 is 20.1 Å². The van der Waals surface area contributed by atoms with Gasteiger partial charge in [0.05, 0.1) is 12.7 Å². The molecule has 2 N–H and O–H groups in total. The molecule has 1 heterocycles. The minimum absolute atomic E-state index is 0.213. The molecule has 0 aromatic carbocycles. The van der Waals surface area contributed by atoms with Gasteiger partial charge >= 0.3 is 0 Å². The van der Waals surface area contributed by atoms with Crippen molar-refractivity contribution in [1.82, 2.24) is 10.2 Å². The zero-order valence-corrected chi connectivity index (χ0v) is 13.1. The van der Waals surface area contributed by atoms with Crippen LogP contribution in [0.25, 0.3) is 0 Å². The van der Waals surface area contributed by atoms with Crippen LogP contribution in [-0.2, 0) is 4.74 Å². The molecule has 1 fully saturated rings. The maximum Gasteiger partial charge on any atom is 0.0546 e. The average molecular weight is 272 g/mol. The van der Waals surface area contributed by atoms with Crippen molar-refractivity contribution in [2.24, 2.45) is 5.41 Å². The van der Waals surface area contributed by atoms with Crippen molar-refractivity contribution in [3.05, 3.63) is 0 Å². The highest BCUT2D eigenvalue weighted by atomic mass is 16.5. The zero-order chi connectivity index (χ0) is 14.3. The van der Waals surface area contributed by atoms with Crippen molar-refractivity contribution in [3.8, 4) is 0 Å². The monoisotopic (exact) mass is 272 g/mol. The van der Waals surface area contributed by atoms with Gasteiger partial charge in [-0.3, -0.25) is 0 Å². The molecule has 1 rings (SSSR count). The number of ether oxygens (including phenoxy) is 1. The Morgan fingerprint density at radius 1 is 1.37 bits per heavy atom. The molecule has 4 nitrogen and oxygen atoms in total. The molecule has 4 heteroatoms. The lowest BCUT2D eigenvalue weighted by Gasteiger charge is -2.40. The van der Waals surface area contributed by atoms with E-state index < -0.39 is 0 Å². The third kappa shape index (κ3) is 6.70. The Morgan fingerprint density at radius 3 is 2.63 bits per heavy atom. The van der Waals surface area contributed by atoms with Crippen LogP contribution in [0.1, 0.15) is 40.0 Å². The van der Waals surface area contributed by atoms with Gasteiger partial charge in [-0.15, -0.1) is 0 Å². The fraction of sp³-hybridized carbons (Fsp3) is 1.00. The van der Waals surface area contributed by atoms with E-state index in [9.17, 15) is 5.11 Å². The predicted molar refractivity (Wildman–Crippen MR) is 79.4 cm³/mol. The van der Waals surface area contributed by atoms with Gasteiger partial charge in [-0.2, -0.15) is 0 Å². The molecule has 0 aliphatic carbocycles. The molecule has 2 atom stereocenters. The number of hydrogen-bond donors (Lipinski definition) is 2. The third-order valence-corrected chi connectivity index (χ3v) is 3.82. The van der Waals surface area contributed by atoms with Crippen LogP contribution in [-0.4, -0.2) is 62.0 Å². The Hall–Kier alpha value is -0.160. The lowest BCUT2D eigenvalue weighted by atomic mass is 9.81. The minimum atomic E-state index is -0.213. The summed E-state index contributed by atoms with van der Waals surface area (Å²) in [5.41, 5.74) is 0.232. The summed E-state index contributed by atoms with van der Waals surface area (Å²) in [7, 11) is 2.15. The van der Waals surface area contributed by atoms with Crippen molar-refractivity contribution >= 4 is 0 Å². The van der Waals surface area contributed by atoms with Crippen molar-refractivity contribution < 1.29 is 9.84 Å². The molecular weight excluding hydrogens is 240 g/mol. The highest BCUT2D eigenvalue weighted by molar-refractivity contribution is 4.87. The van der Waals surface area contributed by atoms with Gasteiger partial charge in [0.1, 0.15) is 0 Å². The van der Waals surface area contributed by atoms with Gasteiger partial charge in [0.2, 0.25) is 0 Å². The Labute approximate surface area is 118 Å². The summed E-state index contributed by atoms with van der Waals surface area (Å²) >= 11 is 0. The van der Waals surface area contributed by atoms with Gasteiger partial charge in [-0.05, 0) is 33.2 Å². The van der Waals surface area contributed by atoms with E-state index in [0.717, 1.165) is 45.7 Å². The molecule has 0 radical (unpaired) electrons. The smallest absolute Gasteiger partial charge is 0.0546 e. The highest BCUT2D eigenvalue weighted by Gasteiger charge is 2.33. The molecule has 1 aliphatic heterocycles. The topological polar surface area (TPSA) is 44.7 Å². The first-order valence-corrected chi connectivity index (χ1v) is 7.61. The number of nitrogens with zero attached hydrogens (tertiary/aromatic N) is 1. The first kappa shape index (κ1) is 16.9. The van der Waals surface area contributed by atoms with E-state index in [2.05, 4.69) is 31.1 Å². The predicted octanol–water partition coefficient (Wildman–Crippen LogP) is 1.48. The molecule has 0 amide bonds. The first-order chi connectivity index (χ1) is 8.93. The summed E-state index contributed by atoms with van der Waals surface area (Å²) in [6.07, 6.45) is 3.01. The number of hydrogen-bond acceptors (Lipinski definition) is 4.